The number of esters is 1. The standard InChI is InChI=1S/C11H11Cl2NO3/c1-17-11(16)9(13)6-14-10(15)7-2-4-8(12)5-3-7/h2-5,9H,6H2,1H3,(H,14,15). The van der Waals surface area contributed by atoms with Crippen molar-refractivity contribution in [2.75, 3.05) is 13.7 Å². The lowest BCUT2D eigenvalue weighted by Gasteiger charge is -2.08. The molecular weight excluding hydrogens is 265 g/mol. The van der Waals surface area contributed by atoms with Gasteiger partial charge in [-0.1, -0.05) is 11.6 Å². The van der Waals surface area contributed by atoms with E-state index >= 15 is 0 Å². The van der Waals surface area contributed by atoms with Gasteiger partial charge in [-0.25, -0.2) is 0 Å². The second-order valence-corrected chi connectivity index (χ2v) is 4.17. The summed E-state index contributed by atoms with van der Waals surface area (Å²) in [7, 11) is 1.23. The highest BCUT2D eigenvalue weighted by Crippen LogP contribution is 2.09. The molecule has 0 aromatic heterocycles. The maximum Gasteiger partial charge on any atom is 0.325 e. The van der Waals surface area contributed by atoms with E-state index in [1.165, 1.54) is 7.11 Å². The van der Waals surface area contributed by atoms with Crippen LogP contribution < -0.4 is 5.32 Å². The van der Waals surface area contributed by atoms with Crippen LogP contribution in [0.15, 0.2) is 24.3 Å². The summed E-state index contributed by atoms with van der Waals surface area (Å²) in [5.41, 5.74) is 0.447. The normalized spacial score (nSPS) is 11.7. The van der Waals surface area contributed by atoms with Crippen molar-refractivity contribution in [3.63, 3.8) is 0 Å². The number of halogens is 2. The highest BCUT2D eigenvalue weighted by atomic mass is 35.5. The molecule has 0 aliphatic carbocycles. The van der Waals surface area contributed by atoms with Gasteiger partial charge in [0, 0.05) is 17.1 Å². The Morgan fingerprint density at radius 1 is 1.35 bits per heavy atom. The molecule has 1 atom stereocenters. The van der Waals surface area contributed by atoms with Gasteiger partial charge in [0.15, 0.2) is 0 Å². The summed E-state index contributed by atoms with van der Waals surface area (Å²) in [6.07, 6.45) is 0. The number of methoxy groups -OCH3 is 1. The summed E-state index contributed by atoms with van der Waals surface area (Å²) >= 11 is 11.4. The van der Waals surface area contributed by atoms with Crippen LogP contribution in [0.3, 0.4) is 0 Å². The van der Waals surface area contributed by atoms with Crippen LogP contribution >= 0.6 is 23.2 Å². The Labute approximate surface area is 109 Å². The Bertz CT molecular complexity index is 406. The van der Waals surface area contributed by atoms with Crippen molar-refractivity contribution in [1.82, 2.24) is 5.32 Å². The van der Waals surface area contributed by atoms with Gasteiger partial charge < -0.3 is 10.1 Å². The third-order valence-corrected chi connectivity index (χ3v) is 2.59. The zero-order valence-electron chi connectivity index (χ0n) is 9.07. The zero-order valence-corrected chi connectivity index (χ0v) is 10.6. The third-order valence-electron chi connectivity index (χ3n) is 2.01. The summed E-state index contributed by atoms with van der Waals surface area (Å²) in [5.74, 6) is -0.903. The minimum absolute atomic E-state index is 0.00961. The molecule has 1 aromatic carbocycles. The number of ether oxygens (including phenoxy) is 1. The first-order chi connectivity index (χ1) is 8.04. The van der Waals surface area contributed by atoms with Gasteiger partial charge in [-0.15, -0.1) is 11.6 Å². The summed E-state index contributed by atoms with van der Waals surface area (Å²) in [4.78, 5) is 22.6. The molecule has 6 heteroatoms. The quantitative estimate of drug-likeness (QED) is 0.674. The van der Waals surface area contributed by atoms with Crippen molar-refractivity contribution >= 4 is 35.1 Å². The molecule has 1 amide bonds. The Morgan fingerprint density at radius 2 is 1.94 bits per heavy atom. The molecule has 1 rings (SSSR count). The van der Waals surface area contributed by atoms with Crippen LogP contribution in [-0.2, 0) is 9.53 Å². The molecule has 0 bridgehead atoms. The minimum Gasteiger partial charge on any atom is -0.468 e. The molecule has 1 unspecified atom stereocenters. The Morgan fingerprint density at radius 3 is 2.47 bits per heavy atom. The van der Waals surface area contributed by atoms with Gasteiger partial charge in [-0.05, 0) is 24.3 Å². The van der Waals surface area contributed by atoms with Crippen LogP contribution in [0.4, 0.5) is 0 Å². The molecule has 0 fully saturated rings. The van der Waals surface area contributed by atoms with Gasteiger partial charge in [-0.3, -0.25) is 9.59 Å². The van der Waals surface area contributed by atoms with Crippen molar-refractivity contribution in [2.45, 2.75) is 5.38 Å². The molecule has 4 nitrogen and oxygen atoms in total. The summed E-state index contributed by atoms with van der Waals surface area (Å²) in [5, 5.41) is 2.17. The van der Waals surface area contributed by atoms with Crippen molar-refractivity contribution in [3.05, 3.63) is 34.9 Å². The lowest BCUT2D eigenvalue weighted by molar-refractivity contribution is -0.140. The van der Waals surface area contributed by atoms with Crippen LogP contribution in [0.5, 0.6) is 0 Å². The Hall–Kier alpha value is -1.26. The predicted octanol–water partition coefficient (Wildman–Crippen LogP) is 1.85. The van der Waals surface area contributed by atoms with E-state index in [2.05, 4.69) is 10.1 Å². The maximum atomic E-state index is 11.6. The fraction of sp³-hybridized carbons (Fsp3) is 0.273. The number of nitrogens with one attached hydrogen (secondary N) is 1. The monoisotopic (exact) mass is 275 g/mol. The van der Waals surface area contributed by atoms with E-state index in [1.54, 1.807) is 24.3 Å². The van der Waals surface area contributed by atoms with Gasteiger partial charge in [0.1, 0.15) is 5.38 Å². The van der Waals surface area contributed by atoms with E-state index in [4.69, 9.17) is 23.2 Å². The number of carbonyl (C=O) groups is 2. The van der Waals surface area contributed by atoms with Crippen LogP contribution in [0, 0.1) is 0 Å². The summed E-state index contributed by atoms with van der Waals surface area (Å²) < 4.78 is 4.43. The van der Waals surface area contributed by atoms with Gasteiger partial charge in [0.25, 0.3) is 5.91 Å². The number of carbonyl (C=O) groups excluding carboxylic acids is 2. The number of benzene rings is 1. The number of rotatable bonds is 4. The van der Waals surface area contributed by atoms with Crippen molar-refractivity contribution in [3.8, 4) is 0 Å². The Balaban J connectivity index is 2.50. The molecule has 1 N–H and O–H groups in total. The van der Waals surface area contributed by atoms with E-state index in [9.17, 15) is 9.59 Å². The lowest BCUT2D eigenvalue weighted by Crippen LogP contribution is -2.34. The van der Waals surface area contributed by atoms with E-state index in [-0.39, 0.29) is 12.5 Å². The van der Waals surface area contributed by atoms with Gasteiger partial charge in [0.05, 0.1) is 7.11 Å². The smallest absolute Gasteiger partial charge is 0.325 e. The first-order valence-corrected chi connectivity index (χ1v) is 5.61. The van der Waals surface area contributed by atoms with Gasteiger partial charge in [-0.2, -0.15) is 0 Å². The van der Waals surface area contributed by atoms with Crippen molar-refractivity contribution in [1.29, 1.82) is 0 Å². The number of amides is 1. The molecule has 0 saturated carbocycles. The molecule has 0 heterocycles. The van der Waals surface area contributed by atoms with E-state index in [0.29, 0.717) is 10.6 Å². The fourth-order valence-corrected chi connectivity index (χ4v) is 1.39. The van der Waals surface area contributed by atoms with Crippen molar-refractivity contribution < 1.29 is 14.3 Å². The second-order valence-electron chi connectivity index (χ2n) is 3.21. The molecule has 17 heavy (non-hydrogen) atoms. The lowest BCUT2D eigenvalue weighted by atomic mass is 10.2. The summed E-state index contributed by atoms with van der Waals surface area (Å²) in [6.45, 7) is 0.00961. The van der Waals surface area contributed by atoms with Crippen LogP contribution in [-0.4, -0.2) is 30.9 Å². The topological polar surface area (TPSA) is 55.4 Å². The third kappa shape index (κ3) is 4.24. The number of alkyl halides is 1. The number of hydrogen-bond acceptors (Lipinski definition) is 3. The SMILES string of the molecule is COC(=O)C(Cl)CNC(=O)c1ccc(Cl)cc1. The van der Waals surface area contributed by atoms with E-state index in [0.717, 1.165) is 0 Å². The largest absolute Gasteiger partial charge is 0.468 e. The van der Waals surface area contributed by atoms with Gasteiger partial charge in [0.2, 0.25) is 0 Å². The van der Waals surface area contributed by atoms with Crippen LogP contribution in [0.2, 0.25) is 5.02 Å². The molecule has 1 aromatic rings. The van der Waals surface area contributed by atoms with E-state index in [1.807, 2.05) is 0 Å². The van der Waals surface area contributed by atoms with E-state index < -0.39 is 11.3 Å². The van der Waals surface area contributed by atoms with Gasteiger partial charge >= 0.3 is 5.97 Å². The molecule has 92 valence electrons. The van der Waals surface area contributed by atoms with Crippen molar-refractivity contribution in [2.24, 2.45) is 0 Å². The maximum absolute atomic E-state index is 11.6. The molecule has 0 radical (unpaired) electrons. The highest BCUT2D eigenvalue weighted by molar-refractivity contribution is 6.30. The average molecular weight is 276 g/mol. The molecule has 0 saturated heterocycles. The highest BCUT2D eigenvalue weighted by Gasteiger charge is 2.16. The average Bonchev–Trinajstić information content (AvgIpc) is 2.35. The zero-order chi connectivity index (χ0) is 12.8. The molecule has 0 aliphatic rings. The predicted molar refractivity (Wildman–Crippen MR) is 65.4 cm³/mol. The van der Waals surface area contributed by atoms with Crippen LogP contribution in [0.1, 0.15) is 10.4 Å². The second kappa shape index (κ2) is 6.47. The first-order valence-electron chi connectivity index (χ1n) is 4.80. The molecule has 0 aliphatic heterocycles. The first kappa shape index (κ1) is 13.8. The molecular formula is C11H11Cl2NO3. The summed E-state index contributed by atoms with van der Waals surface area (Å²) in [6, 6.07) is 6.38. The minimum atomic E-state index is -0.892. The number of hydrogen-bond donors (Lipinski definition) is 1. The van der Waals surface area contributed by atoms with Crippen LogP contribution in [0.25, 0.3) is 0 Å². The Kier molecular flexibility index (Phi) is 5.25. The molecule has 0 spiro atoms. The fourth-order valence-electron chi connectivity index (χ4n) is 1.10.